The van der Waals surface area contributed by atoms with Crippen molar-refractivity contribution in [1.82, 2.24) is 5.32 Å². The summed E-state index contributed by atoms with van der Waals surface area (Å²) in [5.74, 6) is 1.40. The number of thioether (sulfide) groups is 1. The molecule has 0 radical (unpaired) electrons. The van der Waals surface area contributed by atoms with Crippen LogP contribution < -0.4 is 5.32 Å². The first-order valence-corrected chi connectivity index (χ1v) is 9.24. The number of hydrogen-bond donors (Lipinski definition) is 1. The number of rotatable bonds is 4. The first-order valence-electron chi connectivity index (χ1n) is 7.37. The number of hydrogen-bond acceptors (Lipinski definition) is 3. The average Bonchev–Trinajstić information content (AvgIpc) is 2.99. The molecular weight excluding hydrogens is 301 g/mol. The summed E-state index contributed by atoms with van der Waals surface area (Å²) < 4.78 is 14.0. The van der Waals surface area contributed by atoms with E-state index >= 15 is 0 Å². The third kappa shape index (κ3) is 3.17. The van der Waals surface area contributed by atoms with E-state index in [1.165, 1.54) is 4.88 Å². The van der Waals surface area contributed by atoms with Crippen molar-refractivity contribution < 1.29 is 4.39 Å². The summed E-state index contributed by atoms with van der Waals surface area (Å²) in [5.41, 5.74) is 1.12. The molecule has 0 aliphatic carbocycles. The smallest absolute Gasteiger partial charge is 0.137 e. The number of fused-ring (bicyclic) bond motifs is 1. The molecule has 1 aliphatic heterocycles. The Bertz CT molecular complexity index is 595. The van der Waals surface area contributed by atoms with E-state index in [-0.39, 0.29) is 11.9 Å². The molecule has 2 aromatic rings. The van der Waals surface area contributed by atoms with Gasteiger partial charge in [-0.05, 0) is 41.2 Å². The quantitative estimate of drug-likeness (QED) is 0.808. The Labute approximate surface area is 134 Å². The van der Waals surface area contributed by atoms with Crippen LogP contribution in [0, 0.1) is 11.7 Å². The minimum atomic E-state index is -0.0822. The number of halogens is 1. The van der Waals surface area contributed by atoms with Gasteiger partial charge in [0.25, 0.3) is 0 Å². The lowest BCUT2D eigenvalue weighted by Crippen LogP contribution is -2.31. The molecule has 1 aliphatic rings. The highest BCUT2D eigenvalue weighted by atomic mass is 32.2. The summed E-state index contributed by atoms with van der Waals surface area (Å²) in [7, 11) is 0. The summed E-state index contributed by atoms with van der Waals surface area (Å²) in [6, 6.07) is 10.3. The molecule has 1 aromatic carbocycles. The van der Waals surface area contributed by atoms with Crippen LogP contribution in [0.2, 0.25) is 0 Å². The normalized spacial score (nSPS) is 19.5. The molecule has 0 saturated carbocycles. The fourth-order valence-electron chi connectivity index (χ4n) is 2.85. The molecule has 2 atom stereocenters. The van der Waals surface area contributed by atoms with Crippen LogP contribution in [0.1, 0.15) is 42.8 Å². The lowest BCUT2D eigenvalue weighted by molar-refractivity contribution is 0.356. The minimum Gasteiger partial charge on any atom is -0.302 e. The van der Waals surface area contributed by atoms with Crippen molar-refractivity contribution in [1.29, 1.82) is 0 Å². The first-order chi connectivity index (χ1) is 10.2. The molecule has 4 heteroatoms. The maximum atomic E-state index is 14.0. The Balaban J connectivity index is 1.87. The van der Waals surface area contributed by atoms with Gasteiger partial charge in [-0.3, -0.25) is 0 Å². The highest BCUT2D eigenvalue weighted by Crippen LogP contribution is 2.40. The van der Waals surface area contributed by atoms with Crippen molar-refractivity contribution in [3.63, 3.8) is 0 Å². The highest BCUT2D eigenvalue weighted by Gasteiger charge is 2.27. The molecule has 2 heterocycles. The van der Waals surface area contributed by atoms with Crippen molar-refractivity contribution in [2.45, 2.75) is 37.2 Å². The molecule has 21 heavy (non-hydrogen) atoms. The van der Waals surface area contributed by atoms with E-state index in [0.717, 1.165) is 22.6 Å². The van der Waals surface area contributed by atoms with Crippen LogP contribution in [0.25, 0.3) is 0 Å². The van der Waals surface area contributed by atoms with E-state index in [0.29, 0.717) is 12.0 Å². The van der Waals surface area contributed by atoms with Crippen LogP contribution in [0.4, 0.5) is 4.39 Å². The molecule has 1 nitrogen and oxygen atoms in total. The molecule has 0 spiro atoms. The predicted molar refractivity (Wildman–Crippen MR) is 89.5 cm³/mol. The molecule has 0 saturated heterocycles. The molecular formula is C17H20FNS2. The zero-order valence-corrected chi connectivity index (χ0v) is 13.9. The number of benzene rings is 1. The molecule has 0 bridgehead atoms. The van der Waals surface area contributed by atoms with Gasteiger partial charge in [0, 0.05) is 21.9 Å². The summed E-state index contributed by atoms with van der Waals surface area (Å²) in [4.78, 5) is 2.19. The fourth-order valence-corrected chi connectivity index (χ4v) is 4.95. The topological polar surface area (TPSA) is 12.0 Å². The van der Waals surface area contributed by atoms with Gasteiger partial charge in [-0.15, -0.1) is 23.1 Å². The largest absolute Gasteiger partial charge is 0.302 e. The zero-order valence-electron chi connectivity index (χ0n) is 12.3. The molecule has 0 amide bonds. The van der Waals surface area contributed by atoms with Gasteiger partial charge in [0.05, 0.1) is 0 Å². The van der Waals surface area contributed by atoms with Crippen LogP contribution in [0.3, 0.4) is 0 Å². The van der Waals surface area contributed by atoms with Gasteiger partial charge in [0.1, 0.15) is 5.82 Å². The average molecular weight is 321 g/mol. The number of thiophene rings is 1. The Morgan fingerprint density at radius 3 is 2.81 bits per heavy atom. The zero-order chi connectivity index (χ0) is 14.8. The fraction of sp³-hybridized carbons (Fsp3) is 0.412. The SMILES string of the molecule is CC(C)C(NC1CCSc2c(F)cccc21)c1cccs1. The standard InChI is InChI=1S/C17H20FNS2/c1-11(2)16(15-7-4-9-20-15)19-14-8-10-21-17-12(14)5-3-6-13(17)18/h3-7,9,11,14,16,19H,8,10H2,1-2H3. The maximum Gasteiger partial charge on any atom is 0.137 e. The van der Waals surface area contributed by atoms with Gasteiger partial charge >= 0.3 is 0 Å². The van der Waals surface area contributed by atoms with E-state index < -0.39 is 0 Å². The van der Waals surface area contributed by atoms with Crippen LogP contribution in [-0.2, 0) is 0 Å². The number of nitrogens with one attached hydrogen (secondary N) is 1. The van der Waals surface area contributed by atoms with Crippen molar-refractivity contribution in [2.24, 2.45) is 5.92 Å². The second-order valence-corrected chi connectivity index (χ2v) is 7.84. The van der Waals surface area contributed by atoms with Crippen molar-refractivity contribution >= 4 is 23.1 Å². The van der Waals surface area contributed by atoms with Gasteiger partial charge in [-0.2, -0.15) is 0 Å². The maximum absolute atomic E-state index is 14.0. The van der Waals surface area contributed by atoms with Gasteiger partial charge in [0.15, 0.2) is 0 Å². The molecule has 112 valence electrons. The highest BCUT2D eigenvalue weighted by molar-refractivity contribution is 7.99. The van der Waals surface area contributed by atoms with Gasteiger partial charge < -0.3 is 5.32 Å². The Morgan fingerprint density at radius 2 is 2.10 bits per heavy atom. The van der Waals surface area contributed by atoms with Crippen LogP contribution in [0.5, 0.6) is 0 Å². The van der Waals surface area contributed by atoms with E-state index in [1.807, 2.05) is 6.07 Å². The van der Waals surface area contributed by atoms with Gasteiger partial charge in [-0.25, -0.2) is 4.39 Å². The second-order valence-electron chi connectivity index (χ2n) is 5.75. The van der Waals surface area contributed by atoms with Crippen LogP contribution in [0.15, 0.2) is 40.6 Å². The molecule has 0 fully saturated rings. The Hall–Kier alpha value is -0.840. The third-order valence-electron chi connectivity index (χ3n) is 3.92. The lowest BCUT2D eigenvalue weighted by atomic mass is 9.97. The van der Waals surface area contributed by atoms with Crippen molar-refractivity contribution in [2.75, 3.05) is 5.75 Å². The van der Waals surface area contributed by atoms with E-state index in [4.69, 9.17) is 0 Å². The van der Waals surface area contributed by atoms with Crippen LogP contribution >= 0.6 is 23.1 Å². The molecule has 1 N–H and O–H groups in total. The molecule has 2 unspecified atom stereocenters. The van der Waals surface area contributed by atoms with Crippen molar-refractivity contribution in [3.8, 4) is 0 Å². The monoisotopic (exact) mass is 321 g/mol. The molecule has 1 aromatic heterocycles. The van der Waals surface area contributed by atoms with E-state index in [1.54, 1.807) is 29.2 Å². The lowest BCUT2D eigenvalue weighted by Gasteiger charge is -2.32. The van der Waals surface area contributed by atoms with E-state index in [9.17, 15) is 4.39 Å². The summed E-state index contributed by atoms with van der Waals surface area (Å²) in [6.45, 7) is 4.48. The van der Waals surface area contributed by atoms with Crippen LogP contribution in [-0.4, -0.2) is 5.75 Å². The Morgan fingerprint density at radius 1 is 1.24 bits per heavy atom. The van der Waals surface area contributed by atoms with E-state index in [2.05, 4.69) is 42.7 Å². The van der Waals surface area contributed by atoms with Gasteiger partial charge in [-0.1, -0.05) is 32.0 Å². The van der Waals surface area contributed by atoms with Gasteiger partial charge in [0.2, 0.25) is 0 Å². The minimum absolute atomic E-state index is 0.0822. The Kier molecular flexibility index (Phi) is 4.67. The first kappa shape index (κ1) is 15.1. The summed E-state index contributed by atoms with van der Waals surface area (Å²) in [6.07, 6.45) is 1.05. The third-order valence-corrected chi connectivity index (χ3v) is 6.04. The second kappa shape index (κ2) is 6.51. The summed E-state index contributed by atoms with van der Waals surface area (Å²) >= 11 is 3.43. The van der Waals surface area contributed by atoms with Crippen molar-refractivity contribution in [3.05, 3.63) is 52.0 Å². The predicted octanol–water partition coefficient (Wildman–Crippen LogP) is 5.41. The molecule has 3 rings (SSSR count). The summed E-state index contributed by atoms with van der Waals surface area (Å²) in [5, 5.41) is 5.89.